The van der Waals surface area contributed by atoms with Crippen LogP contribution >= 0.6 is 0 Å². The number of aromatic nitrogens is 1. The third kappa shape index (κ3) is 8.21. The quantitative estimate of drug-likeness (QED) is 0.679. The van der Waals surface area contributed by atoms with E-state index in [0.29, 0.717) is 30.6 Å². The molecule has 0 bridgehead atoms. The molecular weight excluding hydrogens is 216 g/mol. The van der Waals surface area contributed by atoms with E-state index in [0.717, 1.165) is 5.56 Å². The number of amides is 1. The van der Waals surface area contributed by atoms with Crippen LogP contribution in [0.4, 0.5) is 5.69 Å². The van der Waals surface area contributed by atoms with Crippen molar-refractivity contribution >= 4 is 12.1 Å². The number of pyridine rings is 1. The maximum absolute atomic E-state index is 9.90. The van der Waals surface area contributed by atoms with Crippen molar-refractivity contribution in [1.29, 1.82) is 0 Å². The Hall–Kier alpha value is -1.62. The summed E-state index contributed by atoms with van der Waals surface area (Å²) in [5.74, 6) is 0.630. The van der Waals surface area contributed by atoms with Gasteiger partial charge >= 0.3 is 0 Å². The number of nitrogen functional groups attached to an aromatic ring is 1. The molecule has 96 valence electrons. The summed E-state index contributed by atoms with van der Waals surface area (Å²) >= 11 is 0. The fraction of sp³-hybridized carbons (Fsp3) is 0.500. The molecule has 1 aromatic rings. The Balaban J connectivity index is 0.000000366. The van der Waals surface area contributed by atoms with Gasteiger partial charge in [-0.1, -0.05) is 13.8 Å². The zero-order valence-electron chi connectivity index (χ0n) is 10.7. The van der Waals surface area contributed by atoms with Crippen LogP contribution < -0.4 is 16.8 Å². The summed E-state index contributed by atoms with van der Waals surface area (Å²) in [7, 11) is 0. The maximum atomic E-state index is 9.90. The second kappa shape index (κ2) is 8.52. The molecule has 0 aromatic carbocycles. The van der Waals surface area contributed by atoms with Crippen LogP contribution in [0.2, 0.25) is 0 Å². The van der Waals surface area contributed by atoms with Gasteiger partial charge in [0.15, 0.2) is 0 Å². The molecule has 17 heavy (non-hydrogen) atoms. The molecular formula is C12H22N4O. The highest BCUT2D eigenvalue weighted by Gasteiger charge is 1.95. The topological polar surface area (TPSA) is 94.0 Å². The molecule has 0 aliphatic rings. The lowest BCUT2D eigenvalue weighted by Gasteiger charge is -2.05. The van der Waals surface area contributed by atoms with Crippen molar-refractivity contribution in [2.24, 2.45) is 11.7 Å². The Morgan fingerprint density at radius 3 is 2.41 bits per heavy atom. The van der Waals surface area contributed by atoms with Gasteiger partial charge in [-0.25, -0.2) is 0 Å². The first-order chi connectivity index (χ1) is 7.97. The van der Waals surface area contributed by atoms with Gasteiger partial charge in [-0.15, -0.1) is 0 Å². The lowest BCUT2D eigenvalue weighted by molar-refractivity contribution is -0.109. The van der Waals surface area contributed by atoms with E-state index in [1.165, 1.54) is 0 Å². The minimum Gasteiger partial charge on any atom is -0.397 e. The van der Waals surface area contributed by atoms with E-state index in [2.05, 4.69) is 24.1 Å². The molecule has 1 amide bonds. The van der Waals surface area contributed by atoms with Crippen LogP contribution in [0.25, 0.3) is 0 Å². The molecule has 1 heterocycles. The predicted molar refractivity (Wildman–Crippen MR) is 70.0 cm³/mol. The lowest BCUT2D eigenvalue weighted by atomic mass is 10.1. The van der Waals surface area contributed by atoms with Crippen LogP contribution in [0.5, 0.6) is 0 Å². The molecule has 0 aliphatic heterocycles. The van der Waals surface area contributed by atoms with Gasteiger partial charge in [-0.05, 0) is 24.5 Å². The number of nitrogens with two attached hydrogens (primary N) is 2. The number of nitrogens with one attached hydrogen (secondary N) is 1. The molecule has 0 radical (unpaired) electrons. The molecule has 0 saturated heterocycles. The number of carbonyl (C=O) groups is 1. The van der Waals surface area contributed by atoms with Crippen LogP contribution in [0, 0.1) is 5.92 Å². The third-order valence-corrected chi connectivity index (χ3v) is 2.26. The van der Waals surface area contributed by atoms with E-state index < -0.39 is 0 Å². The van der Waals surface area contributed by atoms with Gasteiger partial charge in [-0.2, -0.15) is 0 Å². The van der Waals surface area contributed by atoms with E-state index in [-0.39, 0.29) is 0 Å². The normalized spacial score (nSPS) is 11.4. The number of carbonyl (C=O) groups excluding carboxylic acids is 1. The summed E-state index contributed by atoms with van der Waals surface area (Å²) in [5.41, 5.74) is 12.4. The minimum atomic E-state index is 0.352. The highest BCUT2D eigenvalue weighted by Crippen LogP contribution is 2.02. The highest BCUT2D eigenvalue weighted by atomic mass is 16.1. The highest BCUT2D eigenvalue weighted by molar-refractivity contribution is 5.46. The van der Waals surface area contributed by atoms with Crippen LogP contribution in [0.15, 0.2) is 18.5 Å². The molecule has 1 aromatic heterocycles. The van der Waals surface area contributed by atoms with Crippen LogP contribution in [0.1, 0.15) is 26.3 Å². The first-order valence-electron chi connectivity index (χ1n) is 5.59. The van der Waals surface area contributed by atoms with Gasteiger partial charge in [0.2, 0.25) is 6.41 Å². The summed E-state index contributed by atoms with van der Waals surface area (Å²) in [6.07, 6.45) is 3.86. The maximum Gasteiger partial charge on any atom is 0.207 e. The fourth-order valence-electron chi connectivity index (χ4n) is 0.764. The molecule has 0 fully saturated rings. The summed E-state index contributed by atoms with van der Waals surface area (Å²) < 4.78 is 0. The smallest absolute Gasteiger partial charge is 0.207 e. The second-order valence-electron chi connectivity index (χ2n) is 4.23. The van der Waals surface area contributed by atoms with Crippen molar-refractivity contribution in [3.8, 4) is 0 Å². The Labute approximate surface area is 103 Å². The molecule has 0 saturated carbocycles. The van der Waals surface area contributed by atoms with Crippen molar-refractivity contribution in [3.05, 3.63) is 24.0 Å². The largest absolute Gasteiger partial charge is 0.397 e. The zero-order chi connectivity index (χ0) is 13.3. The summed E-state index contributed by atoms with van der Waals surface area (Å²) in [5, 5.41) is 2.52. The Morgan fingerprint density at radius 1 is 1.41 bits per heavy atom. The molecule has 1 unspecified atom stereocenters. The number of rotatable bonds is 4. The molecule has 0 aliphatic carbocycles. The second-order valence-corrected chi connectivity index (χ2v) is 4.23. The van der Waals surface area contributed by atoms with E-state index in [9.17, 15) is 4.79 Å². The fourth-order valence-corrected chi connectivity index (χ4v) is 0.764. The number of hydrogen-bond donors (Lipinski definition) is 3. The first kappa shape index (κ1) is 15.4. The van der Waals surface area contributed by atoms with Crippen molar-refractivity contribution in [2.75, 3.05) is 5.73 Å². The van der Waals surface area contributed by atoms with Gasteiger partial charge < -0.3 is 16.8 Å². The molecule has 5 nitrogen and oxygen atoms in total. The summed E-state index contributed by atoms with van der Waals surface area (Å²) in [6.45, 7) is 6.72. The number of nitrogens with zero attached hydrogens (tertiary/aromatic N) is 1. The first-order valence-corrected chi connectivity index (χ1v) is 5.59. The van der Waals surface area contributed by atoms with Gasteiger partial charge in [0, 0.05) is 25.0 Å². The van der Waals surface area contributed by atoms with Gasteiger partial charge in [0.25, 0.3) is 0 Å². The van der Waals surface area contributed by atoms with E-state index in [1.807, 2.05) is 6.92 Å². The third-order valence-electron chi connectivity index (χ3n) is 2.26. The van der Waals surface area contributed by atoms with Crippen molar-refractivity contribution in [1.82, 2.24) is 10.3 Å². The Morgan fingerprint density at radius 2 is 2.00 bits per heavy atom. The van der Waals surface area contributed by atoms with Crippen molar-refractivity contribution < 1.29 is 4.79 Å². The van der Waals surface area contributed by atoms with Crippen LogP contribution in [-0.2, 0) is 11.3 Å². The molecule has 5 N–H and O–H groups in total. The predicted octanol–water partition coefficient (Wildman–Crippen LogP) is 0.899. The standard InChI is InChI=1S/C7H9N3O.C5H13N/c8-7-1-6(2-9-4-7)3-10-5-11;1-4(2)5(3)6/h1-2,4-5H,3,8H2,(H,10,11);4-5H,6H2,1-3H3. The minimum absolute atomic E-state index is 0.352. The van der Waals surface area contributed by atoms with E-state index >= 15 is 0 Å². The van der Waals surface area contributed by atoms with Gasteiger partial charge in [-0.3, -0.25) is 9.78 Å². The average molecular weight is 238 g/mol. The lowest BCUT2D eigenvalue weighted by Crippen LogP contribution is -2.21. The molecule has 0 spiro atoms. The SMILES string of the molecule is CC(C)C(C)N.Nc1cncc(CNC=O)c1. The summed E-state index contributed by atoms with van der Waals surface area (Å²) in [6, 6.07) is 2.12. The average Bonchev–Trinajstić information content (AvgIpc) is 2.27. The van der Waals surface area contributed by atoms with E-state index in [4.69, 9.17) is 11.5 Å². The molecule has 5 heteroatoms. The van der Waals surface area contributed by atoms with Crippen LogP contribution in [-0.4, -0.2) is 17.4 Å². The molecule has 1 rings (SSSR count). The van der Waals surface area contributed by atoms with Crippen LogP contribution in [0.3, 0.4) is 0 Å². The number of hydrogen-bond acceptors (Lipinski definition) is 4. The Kier molecular flexibility index (Phi) is 7.71. The Bertz CT molecular complexity index is 320. The van der Waals surface area contributed by atoms with Crippen molar-refractivity contribution in [3.63, 3.8) is 0 Å². The van der Waals surface area contributed by atoms with Crippen molar-refractivity contribution in [2.45, 2.75) is 33.4 Å². The zero-order valence-corrected chi connectivity index (χ0v) is 10.7. The monoisotopic (exact) mass is 238 g/mol. The van der Waals surface area contributed by atoms with Gasteiger partial charge in [0.1, 0.15) is 0 Å². The summed E-state index contributed by atoms with van der Waals surface area (Å²) in [4.78, 5) is 13.8. The van der Waals surface area contributed by atoms with E-state index in [1.54, 1.807) is 18.5 Å². The molecule has 1 atom stereocenters. The van der Waals surface area contributed by atoms with Gasteiger partial charge in [0.05, 0.1) is 5.69 Å². The number of anilines is 1.